The molecule has 1 saturated heterocycles. The maximum atomic E-state index is 6.34. The molecule has 1 N–H and O–H groups in total. The second kappa shape index (κ2) is 10.9. The number of hydrogen-bond donors (Lipinski definition) is 1. The number of imidazole rings is 1. The van der Waals surface area contributed by atoms with Gasteiger partial charge in [-0.1, -0.05) is 24.6 Å². The predicted octanol–water partition coefficient (Wildman–Crippen LogP) is 3.86. The van der Waals surface area contributed by atoms with E-state index in [1.54, 1.807) is 7.11 Å². The van der Waals surface area contributed by atoms with Gasteiger partial charge < -0.3 is 19.5 Å². The number of nitrogens with zero attached hydrogens (tertiary/aromatic N) is 4. The summed E-state index contributed by atoms with van der Waals surface area (Å²) in [5.41, 5.74) is 1.10. The normalized spacial score (nSPS) is 19.9. The number of hydrogen-bond acceptors (Lipinski definition) is 3. The highest BCUT2D eigenvalue weighted by Gasteiger charge is 2.28. The van der Waals surface area contributed by atoms with E-state index < -0.39 is 0 Å². The number of likely N-dealkylation sites (tertiary alicyclic amines) is 1. The van der Waals surface area contributed by atoms with Crippen LogP contribution in [0.4, 0.5) is 0 Å². The molecule has 0 aliphatic carbocycles. The number of ether oxygens (including phenoxy) is 1. The molecule has 0 amide bonds. The van der Waals surface area contributed by atoms with Gasteiger partial charge >= 0.3 is 0 Å². The van der Waals surface area contributed by atoms with Gasteiger partial charge in [0.25, 0.3) is 0 Å². The molecule has 1 fully saturated rings. The maximum absolute atomic E-state index is 6.34. The number of aromatic nitrogens is 2. The van der Waals surface area contributed by atoms with Crippen LogP contribution in [0.3, 0.4) is 0 Å². The van der Waals surface area contributed by atoms with E-state index in [-0.39, 0.29) is 24.0 Å². The molecular weight excluding hydrogens is 489 g/mol. The summed E-state index contributed by atoms with van der Waals surface area (Å²) < 4.78 is 7.42. The average Bonchev–Trinajstić information content (AvgIpc) is 3.21. The van der Waals surface area contributed by atoms with Gasteiger partial charge in [-0.15, -0.1) is 24.0 Å². The molecule has 0 radical (unpaired) electrons. The lowest BCUT2D eigenvalue weighted by atomic mass is 9.93. The average molecular weight is 518 g/mol. The third-order valence-electron chi connectivity index (χ3n) is 5.28. The number of rotatable bonds is 5. The molecule has 8 heteroatoms. The number of aliphatic imine (C=N–C) groups is 1. The van der Waals surface area contributed by atoms with E-state index in [1.807, 2.05) is 44.0 Å². The largest absolute Gasteiger partial charge is 0.497 e. The molecular formula is C20H29ClIN5O. The first-order chi connectivity index (χ1) is 13.1. The summed E-state index contributed by atoms with van der Waals surface area (Å²) in [6.45, 7) is 5.03. The van der Waals surface area contributed by atoms with Crippen molar-refractivity contribution >= 4 is 41.5 Å². The van der Waals surface area contributed by atoms with E-state index in [1.165, 1.54) is 0 Å². The summed E-state index contributed by atoms with van der Waals surface area (Å²) in [6, 6.07) is 6.23. The van der Waals surface area contributed by atoms with Crippen LogP contribution in [0, 0.1) is 5.92 Å². The first-order valence-electron chi connectivity index (χ1n) is 9.37. The fourth-order valence-electron chi connectivity index (χ4n) is 3.59. The van der Waals surface area contributed by atoms with Crippen molar-refractivity contribution < 1.29 is 4.74 Å². The summed E-state index contributed by atoms with van der Waals surface area (Å²) in [6.07, 6.45) is 7.77. The van der Waals surface area contributed by atoms with Crippen molar-refractivity contribution in [2.75, 3.05) is 33.8 Å². The molecule has 1 aromatic heterocycles. The van der Waals surface area contributed by atoms with Crippen molar-refractivity contribution in [3.63, 3.8) is 0 Å². The summed E-state index contributed by atoms with van der Waals surface area (Å²) in [5.74, 6) is 2.34. The van der Waals surface area contributed by atoms with Gasteiger partial charge in [0.2, 0.25) is 0 Å². The number of guanidine groups is 1. The van der Waals surface area contributed by atoms with Crippen LogP contribution in [0.2, 0.25) is 5.02 Å². The quantitative estimate of drug-likeness (QED) is 0.372. The van der Waals surface area contributed by atoms with Gasteiger partial charge in [0.15, 0.2) is 5.96 Å². The number of nitrogens with one attached hydrogen (secondary N) is 1. The Bertz CT molecular complexity index is 768. The Morgan fingerprint density at radius 3 is 2.89 bits per heavy atom. The first kappa shape index (κ1) is 22.8. The molecule has 0 saturated carbocycles. The van der Waals surface area contributed by atoms with Crippen molar-refractivity contribution in [2.45, 2.75) is 25.8 Å². The number of halogens is 2. The highest BCUT2D eigenvalue weighted by Crippen LogP contribution is 2.27. The van der Waals surface area contributed by atoms with Crippen molar-refractivity contribution in [1.29, 1.82) is 0 Å². The Balaban J connectivity index is 0.00000280. The molecule has 2 unspecified atom stereocenters. The molecule has 1 aliphatic heterocycles. The molecule has 28 heavy (non-hydrogen) atoms. The molecule has 2 atom stereocenters. The third-order valence-corrected chi connectivity index (χ3v) is 5.63. The van der Waals surface area contributed by atoms with Gasteiger partial charge in [-0.25, -0.2) is 4.98 Å². The molecule has 154 valence electrons. The van der Waals surface area contributed by atoms with Crippen molar-refractivity contribution in [3.8, 4) is 5.75 Å². The predicted molar refractivity (Wildman–Crippen MR) is 125 cm³/mol. The minimum Gasteiger partial charge on any atom is -0.497 e. The molecule has 0 bridgehead atoms. The zero-order chi connectivity index (χ0) is 19.2. The summed E-state index contributed by atoms with van der Waals surface area (Å²) >= 11 is 6.34. The molecule has 1 aliphatic rings. The molecule has 2 aromatic rings. The summed E-state index contributed by atoms with van der Waals surface area (Å²) in [5, 5.41) is 4.22. The fourth-order valence-corrected chi connectivity index (χ4v) is 3.86. The van der Waals surface area contributed by atoms with Crippen LogP contribution in [0.15, 0.2) is 41.9 Å². The lowest BCUT2D eigenvalue weighted by Gasteiger charge is -2.39. The first-order valence-corrected chi connectivity index (χ1v) is 9.75. The fraction of sp³-hybridized carbons (Fsp3) is 0.500. The summed E-state index contributed by atoms with van der Waals surface area (Å²) in [4.78, 5) is 11.0. The van der Waals surface area contributed by atoms with Crippen LogP contribution in [-0.2, 0) is 6.42 Å². The Hall–Kier alpha value is -1.48. The molecule has 0 spiro atoms. The van der Waals surface area contributed by atoms with Gasteiger partial charge in [-0.2, -0.15) is 0 Å². The second-order valence-electron chi connectivity index (χ2n) is 6.97. The van der Waals surface area contributed by atoms with Gasteiger partial charge in [-0.3, -0.25) is 4.99 Å². The maximum Gasteiger partial charge on any atom is 0.193 e. The van der Waals surface area contributed by atoms with Gasteiger partial charge in [0.05, 0.1) is 19.5 Å². The zero-order valence-corrected chi connectivity index (χ0v) is 19.7. The topological polar surface area (TPSA) is 54.7 Å². The minimum absolute atomic E-state index is 0. The monoisotopic (exact) mass is 517 g/mol. The van der Waals surface area contributed by atoms with Gasteiger partial charge in [0.1, 0.15) is 5.75 Å². The van der Waals surface area contributed by atoms with Crippen LogP contribution in [0.5, 0.6) is 5.75 Å². The SMILES string of the molecule is CN=C(NCCc1ccc(OC)cc1Cl)N1CCC(C)C(n2ccnc2)C1.I. The van der Waals surface area contributed by atoms with E-state index >= 15 is 0 Å². The van der Waals surface area contributed by atoms with Crippen LogP contribution in [-0.4, -0.2) is 54.2 Å². The Morgan fingerprint density at radius 1 is 1.43 bits per heavy atom. The molecule has 2 heterocycles. The minimum atomic E-state index is 0. The zero-order valence-electron chi connectivity index (χ0n) is 16.6. The van der Waals surface area contributed by atoms with Crippen molar-refractivity contribution in [2.24, 2.45) is 10.9 Å². The van der Waals surface area contributed by atoms with E-state index in [4.69, 9.17) is 16.3 Å². The molecule has 1 aromatic carbocycles. The highest BCUT2D eigenvalue weighted by atomic mass is 127. The van der Waals surface area contributed by atoms with E-state index in [0.29, 0.717) is 12.0 Å². The lowest BCUT2D eigenvalue weighted by Crippen LogP contribution is -2.49. The van der Waals surface area contributed by atoms with E-state index in [9.17, 15) is 0 Å². The third kappa shape index (κ3) is 5.53. The Labute approximate surface area is 189 Å². The number of piperidine rings is 1. The van der Waals surface area contributed by atoms with Crippen LogP contribution in [0.1, 0.15) is 24.9 Å². The number of benzene rings is 1. The Kier molecular flexibility index (Phi) is 8.88. The lowest BCUT2D eigenvalue weighted by molar-refractivity contribution is 0.189. The van der Waals surface area contributed by atoms with Crippen LogP contribution >= 0.6 is 35.6 Å². The van der Waals surface area contributed by atoms with E-state index in [0.717, 1.165) is 54.8 Å². The van der Waals surface area contributed by atoms with Crippen LogP contribution < -0.4 is 10.1 Å². The van der Waals surface area contributed by atoms with E-state index in [2.05, 4.69) is 31.7 Å². The standard InChI is InChI=1S/C20H28ClN5O.HI/c1-15-7-10-25(13-19(15)26-11-9-23-14-26)20(22-2)24-8-6-16-4-5-17(27-3)12-18(16)21;/h4-5,9,11-12,14-15,19H,6-8,10,13H2,1-3H3,(H,22,24);1H. The Morgan fingerprint density at radius 2 is 2.25 bits per heavy atom. The highest BCUT2D eigenvalue weighted by molar-refractivity contribution is 14.0. The smallest absolute Gasteiger partial charge is 0.193 e. The van der Waals surface area contributed by atoms with Crippen molar-refractivity contribution in [3.05, 3.63) is 47.5 Å². The molecule has 3 rings (SSSR count). The van der Waals surface area contributed by atoms with Gasteiger partial charge in [0, 0.05) is 44.1 Å². The van der Waals surface area contributed by atoms with Gasteiger partial charge in [-0.05, 0) is 36.5 Å². The number of methoxy groups -OCH3 is 1. The van der Waals surface area contributed by atoms with Crippen LogP contribution in [0.25, 0.3) is 0 Å². The second-order valence-corrected chi connectivity index (χ2v) is 7.38. The van der Waals surface area contributed by atoms with Crippen molar-refractivity contribution in [1.82, 2.24) is 19.8 Å². The molecule has 6 nitrogen and oxygen atoms in total. The summed E-state index contributed by atoms with van der Waals surface area (Å²) in [7, 11) is 3.49.